The minimum Gasteiger partial charge on any atom is -0.297 e. The Kier molecular flexibility index (Phi) is 10.8. The third kappa shape index (κ3) is 12.5. The molecule has 0 aliphatic rings. The Balaban J connectivity index is 4.10. The second-order valence-corrected chi connectivity index (χ2v) is 8.78. The quantitative estimate of drug-likeness (QED) is 0.248. The van der Waals surface area contributed by atoms with Crippen molar-refractivity contribution in [3.63, 3.8) is 0 Å². The van der Waals surface area contributed by atoms with Gasteiger partial charge in [0.05, 0.1) is 5.92 Å². The predicted molar refractivity (Wildman–Crippen MR) is 97.1 cm³/mol. The monoisotopic (exact) mass is 328 g/mol. The number of hydrogen-bond acceptors (Lipinski definition) is 3. The van der Waals surface area contributed by atoms with Crippen molar-refractivity contribution >= 4 is 5.97 Å². The second kappa shape index (κ2) is 11.1. The van der Waals surface area contributed by atoms with Crippen LogP contribution in [-0.2, 0) is 14.6 Å². The Morgan fingerprint density at radius 1 is 0.826 bits per heavy atom. The van der Waals surface area contributed by atoms with Gasteiger partial charge in [0, 0.05) is 0 Å². The number of hydrogen-bond donors (Lipinski definition) is 0. The van der Waals surface area contributed by atoms with Gasteiger partial charge >= 0.3 is 5.97 Å². The summed E-state index contributed by atoms with van der Waals surface area (Å²) in [7, 11) is 0. The van der Waals surface area contributed by atoms with E-state index in [4.69, 9.17) is 9.78 Å². The van der Waals surface area contributed by atoms with E-state index in [2.05, 4.69) is 27.7 Å². The molecule has 0 aromatic heterocycles. The first-order valence-electron chi connectivity index (χ1n) is 9.47. The molecule has 0 aliphatic heterocycles. The first-order chi connectivity index (χ1) is 10.6. The van der Waals surface area contributed by atoms with Gasteiger partial charge in [0.25, 0.3) is 0 Å². The number of rotatable bonds is 11. The summed E-state index contributed by atoms with van der Waals surface area (Å²) in [6, 6.07) is 0. The average molecular weight is 329 g/mol. The van der Waals surface area contributed by atoms with Crippen molar-refractivity contribution < 1.29 is 14.6 Å². The lowest BCUT2D eigenvalue weighted by Gasteiger charge is -2.29. The van der Waals surface area contributed by atoms with Gasteiger partial charge in [-0.05, 0) is 32.6 Å². The van der Waals surface area contributed by atoms with Crippen LogP contribution in [-0.4, -0.2) is 11.6 Å². The molecule has 3 heteroatoms. The van der Waals surface area contributed by atoms with Crippen molar-refractivity contribution in [3.05, 3.63) is 0 Å². The fourth-order valence-corrected chi connectivity index (χ4v) is 2.61. The van der Waals surface area contributed by atoms with Crippen LogP contribution in [0, 0.1) is 11.3 Å². The maximum Gasteiger partial charge on any atom is 0.345 e. The Morgan fingerprint density at radius 3 is 1.74 bits per heavy atom. The van der Waals surface area contributed by atoms with Crippen LogP contribution in [0.5, 0.6) is 0 Å². The molecule has 0 N–H and O–H groups in total. The summed E-state index contributed by atoms with van der Waals surface area (Å²) in [5.41, 5.74) is -0.559. The zero-order chi connectivity index (χ0) is 17.9. The van der Waals surface area contributed by atoms with Crippen LogP contribution in [0.4, 0.5) is 0 Å². The molecule has 0 aliphatic carbocycles. The summed E-state index contributed by atoms with van der Waals surface area (Å²) < 4.78 is 0. The predicted octanol–water partition coefficient (Wildman–Crippen LogP) is 6.45. The highest BCUT2D eigenvalue weighted by Gasteiger charge is 2.33. The Bertz CT molecular complexity index is 310. The highest BCUT2D eigenvalue weighted by atomic mass is 17.2. The van der Waals surface area contributed by atoms with Gasteiger partial charge in [0.15, 0.2) is 0 Å². The lowest BCUT2D eigenvalue weighted by molar-refractivity contribution is -0.324. The molecule has 23 heavy (non-hydrogen) atoms. The van der Waals surface area contributed by atoms with E-state index in [1.807, 2.05) is 20.8 Å². The maximum atomic E-state index is 12.3. The van der Waals surface area contributed by atoms with Gasteiger partial charge in [-0.25, -0.2) is 4.79 Å². The van der Waals surface area contributed by atoms with Crippen LogP contribution in [0.15, 0.2) is 0 Å². The molecule has 0 aromatic carbocycles. The molecule has 0 radical (unpaired) electrons. The molecule has 1 unspecified atom stereocenters. The van der Waals surface area contributed by atoms with E-state index < -0.39 is 5.60 Å². The molecule has 138 valence electrons. The Labute approximate surface area is 144 Å². The summed E-state index contributed by atoms with van der Waals surface area (Å²) >= 11 is 0. The third-order valence-corrected chi connectivity index (χ3v) is 4.05. The third-order valence-electron chi connectivity index (χ3n) is 4.05. The van der Waals surface area contributed by atoms with E-state index in [9.17, 15) is 4.79 Å². The fourth-order valence-electron chi connectivity index (χ4n) is 2.61. The van der Waals surface area contributed by atoms with E-state index in [1.165, 1.54) is 44.9 Å². The molecule has 0 spiro atoms. The molecular formula is C20H40O3. The SMILES string of the molecule is CCCCCCCCCCC(C(=O)OOC(C)(C)C)C(C)(C)C. The second-order valence-electron chi connectivity index (χ2n) is 8.78. The minimum atomic E-state index is -0.462. The van der Waals surface area contributed by atoms with E-state index >= 15 is 0 Å². The summed E-state index contributed by atoms with van der Waals surface area (Å²) in [6.45, 7) is 14.2. The lowest BCUT2D eigenvalue weighted by Crippen LogP contribution is -2.32. The largest absolute Gasteiger partial charge is 0.345 e. The van der Waals surface area contributed by atoms with Crippen LogP contribution >= 0.6 is 0 Å². The van der Waals surface area contributed by atoms with Gasteiger partial charge in [-0.2, -0.15) is 4.89 Å². The summed E-state index contributed by atoms with van der Waals surface area (Å²) in [4.78, 5) is 22.6. The van der Waals surface area contributed by atoms with Gasteiger partial charge in [0.2, 0.25) is 0 Å². The highest BCUT2D eigenvalue weighted by molar-refractivity contribution is 5.72. The van der Waals surface area contributed by atoms with Gasteiger partial charge < -0.3 is 0 Å². The van der Waals surface area contributed by atoms with E-state index in [0.29, 0.717) is 0 Å². The number of unbranched alkanes of at least 4 members (excludes halogenated alkanes) is 7. The molecule has 0 bridgehead atoms. The van der Waals surface area contributed by atoms with Crippen molar-refractivity contribution in [2.24, 2.45) is 11.3 Å². The molecule has 0 rings (SSSR count). The van der Waals surface area contributed by atoms with Crippen LogP contribution in [0.2, 0.25) is 0 Å². The molecule has 0 fully saturated rings. The number of carbonyl (C=O) groups excluding carboxylic acids is 1. The lowest BCUT2D eigenvalue weighted by atomic mass is 9.78. The average Bonchev–Trinajstić information content (AvgIpc) is 2.41. The van der Waals surface area contributed by atoms with Gasteiger partial charge in [0.1, 0.15) is 5.60 Å². The molecule has 0 saturated heterocycles. The smallest absolute Gasteiger partial charge is 0.297 e. The van der Waals surface area contributed by atoms with Crippen molar-refractivity contribution in [2.45, 2.75) is 112 Å². The van der Waals surface area contributed by atoms with Crippen LogP contribution in [0.3, 0.4) is 0 Å². The minimum absolute atomic E-state index is 0.0978. The van der Waals surface area contributed by atoms with Crippen LogP contribution < -0.4 is 0 Å². The Morgan fingerprint density at radius 2 is 1.30 bits per heavy atom. The molecule has 0 amide bonds. The van der Waals surface area contributed by atoms with E-state index in [1.54, 1.807) is 0 Å². The van der Waals surface area contributed by atoms with E-state index in [0.717, 1.165) is 12.8 Å². The Hall–Kier alpha value is -0.570. The molecule has 0 heterocycles. The highest BCUT2D eigenvalue weighted by Crippen LogP contribution is 2.32. The number of carbonyl (C=O) groups is 1. The summed E-state index contributed by atoms with van der Waals surface area (Å²) in [5, 5.41) is 0. The maximum absolute atomic E-state index is 12.3. The van der Waals surface area contributed by atoms with Gasteiger partial charge in [-0.3, -0.25) is 4.89 Å². The van der Waals surface area contributed by atoms with Crippen molar-refractivity contribution in [2.75, 3.05) is 0 Å². The normalized spacial score (nSPS) is 13.9. The molecular weight excluding hydrogens is 288 g/mol. The fraction of sp³-hybridized carbons (Fsp3) is 0.950. The van der Waals surface area contributed by atoms with Crippen molar-refractivity contribution in [3.8, 4) is 0 Å². The zero-order valence-corrected chi connectivity index (χ0v) is 16.7. The summed E-state index contributed by atoms with van der Waals surface area (Å²) in [6.07, 6.45) is 11.1. The molecule has 3 nitrogen and oxygen atoms in total. The van der Waals surface area contributed by atoms with Crippen molar-refractivity contribution in [1.82, 2.24) is 0 Å². The van der Waals surface area contributed by atoms with Crippen LogP contribution in [0.25, 0.3) is 0 Å². The van der Waals surface area contributed by atoms with Crippen molar-refractivity contribution in [1.29, 1.82) is 0 Å². The topological polar surface area (TPSA) is 35.5 Å². The first-order valence-corrected chi connectivity index (χ1v) is 9.47. The van der Waals surface area contributed by atoms with Gasteiger partial charge in [-0.1, -0.05) is 79.1 Å². The van der Waals surface area contributed by atoms with Crippen LogP contribution in [0.1, 0.15) is 106 Å². The molecule has 0 aromatic rings. The first kappa shape index (κ1) is 22.4. The van der Waals surface area contributed by atoms with Gasteiger partial charge in [-0.15, -0.1) is 0 Å². The molecule has 0 saturated carbocycles. The summed E-state index contributed by atoms with van der Waals surface area (Å²) in [5.74, 6) is -0.333. The zero-order valence-electron chi connectivity index (χ0n) is 16.7. The molecule has 1 atom stereocenters. The van der Waals surface area contributed by atoms with E-state index in [-0.39, 0.29) is 17.3 Å². The standard InChI is InChI=1S/C20H40O3/c1-8-9-10-11-12-13-14-15-16-17(19(2,3)4)18(21)22-23-20(5,6)7/h17H,8-16H2,1-7H3.